The van der Waals surface area contributed by atoms with Gasteiger partial charge in [-0.1, -0.05) is 47.5 Å². The fourth-order valence-electron chi connectivity index (χ4n) is 3.72. The molecule has 0 aliphatic carbocycles. The Morgan fingerprint density at radius 1 is 1.15 bits per heavy atom. The molecule has 142 valence electrons. The number of carboxylic acid groups (broad SMARTS) is 1. The van der Waals surface area contributed by atoms with E-state index in [0.717, 1.165) is 17.5 Å². The maximum absolute atomic E-state index is 12.9. The number of carboxylic acids is 1. The van der Waals surface area contributed by atoms with Crippen molar-refractivity contribution < 1.29 is 14.7 Å². The summed E-state index contributed by atoms with van der Waals surface area (Å²) in [5.41, 5.74) is 3.97. The van der Waals surface area contributed by atoms with Crippen LogP contribution in [0.3, 0.4) is 0 Å². The van der Waals surface area contributed by atoms with Crippen LogP contribution in [0, 0.1) is 0 Å². The van der Waals surface area contributed by atoms with Crippen molar-refractivity contribution in [3.8, 4) is 0 Å². The molecule has 3 rings (SSSR count). The monoisotopic (exact) mass is 405 g/mol. The summed E-state index contributed by atoms with van der Waals surface area (Å²) in [6.45, 7) is 2.60. The third kappa shape index (κ3) is 4.28. The third-order valence-corrected chi connectivity index (χ3v) is 5.86. The summed E-state index contributed by atoms with van der Waals surface area (Å²) in [6.07, 6.45) is 1.50. The minimum Gasteiger partial charge on any atom is -0.481 e. The molecule has 1 aliphatic heterocycles. The van der Waals surface area contributed by atoms with Crippen LogP contribution in [0.5, 0.6) is 0 Å². The van der Waals surface area contributed by atoms with Crippen LogP contribution in [0.15, 0.2) is 36.4 Å². The zero-order valence-electron chi connectivity index (χ0n) is 15.0. The highest BCUT2D eigenvalue weighted by Gasteiger charge is 2.29. The van der Waals surface area contributed by atoms with Gasteiger partial charge in [-0.15, -0.1) is 0 Å². The Kier molecular flexibility index (Phi) is 6.08. The molecule has 0 saturated carbocycles. The van der Waals surface area contributed by atoms with Crippen molar-refractivity contribution in [2.24, 2.45) is 0 Å². The fraction of sp³-hybridized carbons (Fsp3) is 0.333. The van der Waals surface area contributed by atoms with Crippen molar-refractivity contribution in [2.45, 2.75) is 38.6 Å². The summed E-state index contributed by atoms with van der Waals surface area (Å²) in [5.74, 6) is -0.816. The molecule has 4 nitrogen and oxygen atoms in total. The van der Waals surface area contributed by atoms with E-state index in [1.54, 1.807) is 18.2 Å². The number of amides is 1. The molecular weight excluding hydrogens is 385 g/mol. The first-order valence-electron chi connectivity index (χ1n) is 8.93. The Hall–Kier alpha value is -2.04. The van der Waals surface area contributed by atoms with E-state index in [1.165, 1.54) is 5.56 Å². The van der Waals surface area contributed by atoms with Crippen LogP contribution in [-0.2, 0) is 28.9 Å². The van der Waals surface area contributed by atoms with Gasteiger partial charge in [-0.3, -0.25) is 9.59 Å². The summed E-state index contributed by atoms with van der Waals surface area (Å²) in [5, 5.41) is 9.95. The number of carbonyl (C=O) groups is 2. The zero-order chi connectivity index (χ0) is 19.6. The lowest BCUT2D eigenvalue weighted by atomic mass is 9.88. The number of fused-ring (bicyclic) bond motifs is 1. The van der Waals surface area contributed by atoms with Crippen molar-refractivity contribution in [3.05, 3.63) is 68.7 Å². The van der Waals surface area contributed by atoms with Crippen LogP contribution in [0.2, 0.25) is 10.0 Å². The van der Waals surface area contributed by atoms with Crippen LogP contribution < -0.4 is 0 Å². The van der Waals surface area contributed by atoms with Gasteiger partial charge < -0.3 is 10.0 Å². The van der Waals surface area contributed by atoms with Gasteiger partial charge in [-0.05, 0) is 54.2 Å². The van der Waals surface area contributed by atoms with E-state index in [1.807, 2.05) is 30.0 Å². The highest BCUT2D eigenvalue weighted by molar-refractivity contribution is 6.36. The van der Waals surface area contributed by atoms with E-state index in [-0.39, 0.29) is 24.8 Å². The van der Waals surface area contributed by atoms with Gasteiger partial charge in [0, 0.05) is 23.0 Å². The molecule has 6 heteroatoms. The average Bonchev–Trinajstić information content (AvgIpc) is 2.63. The predicted octanol–water partition coefficient (Wildman–Crippen LogP) is 4.70. The molecule has 0 spiro atoms. The maximum Gasteiger partial charge on any atom is 0.303 e. The molecule has 1 atom stereocenters. The second-order valence-electron chi connectivity index (χ2n) is 6.77. The number of rotatable bonds is 5. The standard InChI is InChI=1S/C21H21Cl2NO3/c1-13-15-5-2-4-14(8-9-21(26)27)16(15)10-11-24(13)20(25)12-17-18(22)6-3-7-19(17)23/h2-7,13H,8-12H2,1H3,(H,26,27)/t13-/m0/s1. The van der Waals surface area contributed by atoms with E-state index in [4.69, 9.17) is 28.3 Å². The largest absolute Gasteiger partial charge is 0.481 e. The van der Waals surface area contributed by atoms with E-state index in [0.29, 0.717) is 28.6 Å². The highest BCUT2D eigenvalue weighted by atomic mass is 35.5. The lowest BCUT2D eigenvalue weighted by Gasteiger charge is -2.36. The molecule has 27 heavy (non-hydrogen) atoms. The Morgan fingerprint density at radius 2 is 1.81 bits per heavy atom. The minimum absolute atomic E-state index is 0.0147. The van der Waals surface area contributed by atoms with Crippen LogP contribution >= 0.6 is 23.2 Å². The summed E-state index contributed by atoms with van der Waals surface area (Å²) in [6, 6.07) is 11.1. The molecule has 0 saturated heterocycles. The smallest absolute Gasteiger partial charge is 0.303 e. The third-order valence-electron chi connectivity index (χ3n) is 5.15. The number of halogens is 2. The molecule has 0 unspecified atom stereocenters. The van der Waals surface area contributed by atoms with E-state index in [9.17, 15) is 9.59 Å². The first kappa shape index (κ1) is 19.7. The van der Waals surface area contributed by atoms with Gasteiger partial charge in [0.15, 0.2) is 0 Å². The SMILES string of the molecule is C[C@H]1c2cccc(CCC(=O)O)c2CCN1C(=O)Cc1c(Cl)cccc1Cl. The summed E-state index contributed by atoms with van der Waals surface area (Å²) in [7, 11) is 0. The van der Waals surface area contributed by atoms with Gasteiger partial charge in [0.25, 0.3) is 0 Å². The Balaban J connectivity index is 1.80. The van der Waals surface area contributed by atoms with Gasteiger partial charge >= 0.3 is 5.97 Å². The van der Waals surface area contributed by atoms with Crippen molar-refractivity contribution in [2.75, 3.05) is 6.54 Å². The number of hydrogen-bond donors (Lipinski definition) is 1. The second kappa shape index (κ2) is 8.32. The number of nitrogens with zero attached hydrogens (tertiary/aromatic N) is 1. The first-order valence-corrected chi connectivity index (χ1v) is 9.69. The highest BCUT2D eigenvalue weighted by Crippen LogP contribution is 2.33. The van der Waals surface area contributed by atoms with Gasteiger partial charge in [0.05, 0.1) is 12.5 Å². The van der Waals surface area contributed by atoms with Gasteiger partial charge in [-0.2, -0.15) is 0 Å². The number of aryl methyl sites for hydroxylation is 1. The number of aliphatic carboxylic acids is 1. The van der Waals surface area contributed by atoms with Crippen LogP contribution in [0.4, 0.5) is 0 Å². The van der Waals surface area contributed by atoms with Gasteiger partial charge in [0.2, 0.25) is 5.91 Å². The lowest BCUT2D eigenvalue weighted by Crippen LogP contribution is -2.40. The van der Waals surface area contributed by atoms with Crippen molar-refractivity contribution >= 4 is 35.1 Å². The Morgan fingerprint density at radius 3 is 2.48 bits per heavy atom. The van der Waals surface area contributed by atoms with Crippen LogP contribution in [0.25, 0.3) is 0 Å². The van der Waals surface area contributed by atoms with Gasteiger partial charge in [0.1, 0.15) is 0 Å². The Bertz CT molecular complexity index is 861. The predicted molar refractivity (Wildman–Crippen MR) is 106 cm³/mol. The van der Waals surface area contributed by atoms with Crippen molar-refractivity contribution in [3.63, 3.8) is 0 Å². The van der Waals surface area contributed by atoms with E-state index in [2.05, 4.69) is 0 Å². The second-order valence-corrected chi connectivity index (χ2v) is 7.58. The number of benzene rings is 2. The topological polar surface area (TPSA) is 57.6 Å². The molecular formula is C21H21Cl2NO3. The average molecular weight is 406 g/mol. The fourth-order valence-corrected chi connectivity index (χ4v) is 4.25. The molecule has 0 aromatic heterocycles. The molecule has 1 heterocycles. The minimum atomic E-state index is -0.801. The van der Waals surface area contributed by atoms with E-state index < -0.39 is 5.97 Å². The zero-order valence-corrected chi connectivity index (χ0v) is 16.6. The van der Waals surface area contributed by atoms with Crippen molar-refractivity contribution in [1.29, 1.82) is 0 Å². The summed E-state index contributed by atoms with van der Waals surface area (Å²) >= 11 is 12.4. The molecule has 2 aromatic carbocycles. The molecule has 0 fully saturated rings. The van der Waals surface area contributed by atoms with Gasteiger partial charge in [-0.25, -0.2) is 0 Å². The van der Waals surface area contributed by atoms with Crippen LogP contribution in [0.1, 0.15) is 41.6 Å². The maximum atomic E-state index is 12.9. The van der Waals surface area contributed by atoms with Crippen molar-refractivity contribution in [1.82, 2.24) is 4.90 Å². The molecule has 2 aromatic rings. The summed E-state index contributed by atoms with van der Waals surface area (Å²) in [4.78, 5) is 25.7. The molecule has 0 bridgehead atoms. The Labute approximate surface area is 168 Å². The van der Waals surface area contributed by atoms with Crippen LogP contribution in [-0.4, -0.2) is 28.4 Å². The number of hydrogen-bond acceptors (Lipinski definition) is 2. The normalized spacial score (nSPS) is 16.1. The van der Waals surface area contributed by atoms with E-state index >= 15 is 0 Å². The molecule has 1 amide bonds. The molecule has 1 N–H and O–H groups in total. The quantitative estimate of drug-likeness (QED) is 0.783. The first-order chi connectivity index (χ1) is 12.9. The number of carbonyl (C=O) groups excluding carboxylic acids is 1. The lowest BCUT2D eigenvalue weighted by molar-refractivity contribution is -0.137. The summed E-state index contributed by atoms with van der Waals surface area (Å²) < 4.78 is 0. The molecule has 1 aliphatic rings. The molecule has 0 radical (unpaired) electrons.